The summed E-state index contributed by atoms with van der Waals surface area (Å²) in [4.78, 5) is 25.1. The van der Waals surface area contributed by atoms with Crippen LogP contribution in [-0.2, 0) is 16.0 Å². The Morgan fingerprint density at radius 2 is 2.25 bits per heavy atom. The van der Waals surface area contributed by atoms with E-state index >= 15 is 0 Å². The number of carboxylic acid groups (broad SMARTS) is 1. The second kappa shape index (κ2) is 5.83. The maximum absolute atomic E-state index is 12.4. The normalized spacial score (nSPS) is 18.4. The quantitative estimate of drug-likeness (QED) is 0.857. The molecule has 1 aliphatic rings. The highest BCUT2D eigenvalue weighted by atomic mass is 79.9. The molecule has 5 nitrogen and oxygen atoms in total. The highest BCUT2D eigenvalue weighted by molar-refractivity contribution is 9.10. The summed E-state index contributed by atoms with van der Waals surface area (Å²) in [6.07, 6.45) is 0.869. The fraction of sp³-hybridized carbons (Fsp3) is 0.429. The van der Waals surface area contributed by atoms with E-state index in [0.29, 0.717) is 25.1 Å². The Balaban J connectivity index is 2.53. The van der Waals surface area contributed by atoms with Crippen LogP contribution in [0.2, 0.25) is 0 Å². The number of carboxylic acids is 1. The molecule has 1 aromatic carbocycles. The molecule has 1 N–H and O–H groups in total. The number of fused-ring (bicyclic) bond motifs is 1. The number of ether oxygens (including phenoxy) is 1. The maximum Gasteiger partial charge on any atom is 0.316 e. The SMILES string of the molecule is CCN1C(=O)C(C(=O)O)CCc2cc(Br)c(OC)cc21. The minimum absolute atomic E-state index is 0.316. The van der Waals surface area contributed by atoms with Crippen LogP contribution in [0.1, 0.15) is 18.9 Å². The number of anilines is 1. The maximum atomic E-state index is 12.4. The average Bonchev–Trinajstić information content (AvgIpc) is 2.53. The molecule has 0 saturated carbocycles. The minimum Gasteiger partial charge on any atom is -0.495 e. The lowest BCUT2D eigenvalue weighted by molar-refractivity contribution is -0.146. The summed E-state index contributed by atoms with van der Waals surface area (Å²) in [5.74, 6) is -1.77. The highest BCUT2D eigenvalue weighted by Gasteiger charge is 2.34. The molecule has 2 rings (SSSR count). The predicted molar refractivity (Wildman–Crippen MR) is 78.2 cm³/mol. The zero-order chi connectivity index (χ0) is 14.9. The van der Waals surface area contributed by atoms with Crippen molar-refractivity contribution in [2.45, 2.75) is 19.8 Å². The molecule has 0 aliphatic carbocycles. The van der Waals surface area contributed by atoms with Crippen LogP contribution < -0.4 is 9.64 Å². The zero-order valence-electron chi connectivity index (χ0n) is 11.4. The van der Waals surface area contributed by atoms with E-state index in [0.717, 1.165) is 15.7 Å². The van der Waals surface area contributed by atoms with Gasteiger partial charge < -0.3 is 14.7 Å². The van der Waals surface area contributed by atoms with Gasteiger partial charge in [-0.2, -0.15) is 0 Å². The first-order valence-electron chi connectivity index (χ1n) is 6.40. The monoisotopic (exact) mass is 341 g/mol. The second-order valence-electron chi connectivity index (χ2n) is 4.63. The van der Waals surface area contributed by atoms with Crippen molar-refractivity contribution >= 4 is 33.5 Å². The number of aryl methyl sites for hydroxylation is 1. The lowest BCUT2D eigenvalue weighted by atomic mass is 10.0. The van der Waals surface area contributed by atoms with E-state index in [2.05, 4.69) is 15.9 Å². The molecular weight excluding hydrogens is 326 g/mol. The van der Waals surface area contributed by atoms with Crippen LogP contribution in [0, 0.1) is 5.92 Å². The number of hydrogen-bond donors (Lipinski definition) is 1. The Kier molecular flexibility index (Phi) is 4.32. The molecule has 1 amide bonds. The van der Waals surface area contributed by atoms with E-state index in [4.69, 9.17) is 4.74 Å². The second-order valence-corrected chi connectivity index (χ2v) is 5.48. The van der Waals surface area contributed by atoms with Crippen molar-refractivity contribution in [1.82, 2.24) is 0 Å². The van der Waals surface area contributed by atoms with Gasteiger partial charge in [-0.25, -0.2) is 0 Å². The average molecular weight is 342 g/mol. The van der Waals surface area contributed by atoms with Gasteiger partial charge in [0.15, 0.2) is 0 Å². The topological polar surface area (TPSA) is 66.8 Å². The van der Waals surface area contributed by atoms with Gasteiger partial charge in [-0.05, 0) is 47.3 Å². The van der Waals surface area contributed by atoms with Crippen LogP contribution in [0.25, 0.3) is 0 Å². The van der Waals surface area contributed by atoms with Crippen molar-refractivity contribution in [2.24, 2.45) is 5.92 Å². The first-order valence-corrected chi connectivity index (χ1v) is 7.19. The lowest BCUT2D eigenvalue weighted by Crippen LogP contribution is -2.38. The Hall–Kier alpha value is -1.56. The Morgan fingerprint density at radius 1 is 1.55 bits per heavy atom. The number of methoxy groups -OCH3 is 1. The number of nitrogens with zero attached hydrogens (tertiary/aromatic N) is 1. The summed E-state index contributed by atoms with van der Waals surface area (Å²) in [6, 6.07) is 3.68. The fourth-order valence-corrected chi connectivity index (χ4v) is 3.03. The number of carbonyl (C=O) groups excluding carboxylic acids is 1. The van der Waals surface area contributed by atoms with Crippen molar-refractivity contribution in [1.29, 1.82) is 0 Å². The zero-order valence-corrected chi connectivity index (χ0v) is 12.9. The summed E-state index contributed by atoms with van der Waals surface area (Å²) in [6.45, 7) is 2.26. The van der Waals surface area contributed by atoms with Gasteiger partial charge in [-0.15, -0.1) is 0 Å². The van der Waals surface area contributed by atoms with Gasteiger partial charge in [0.05, 0.1) is 17.3 Å². The van der Waals surface area contributed by atoms with Crippen molar-refractivity contribution in [3.05, 3.63) is 22.2 Å². The third-order valence-corrected chi connectivity index (χ3v) is 4.14. The first kappa shape index (κ1) is 14.8. The smallest absolute Gasteiger partial charge is 0.316 e. The molecule has 1 aliphatic heterocycles. The number of benzene rings is 1. The molecule has 0 fully saturated rings. The summed E-state index contributed by atoms with van der Waals surface area (Å²) < 4.78 is 6.05. The van der Waals surface area contributed by atoms with E-state index in [9.17, 15) is 14.7 Å². The standard InChI is InChI=1S/C14H16BrNO4/c1-3-16-11-7-12(20-2)10(15)6-8(11)4-5-9(13(16)17)14(18)19/h6-7,9H,3-5H2,1-2H3,(H,18,19). The van der Waals surface area contributed by atoms with Crippen molar-refractivity contribution in [3.63, 3.8) is 0 Å². The van der Waals surface area contributed by atoms with Gasteiger partial charge in [0.1, 0.15) is 11.7 Å². The summed E-state index contributed by atoms with van der Waals surface area (Å²) >= 11 is 3.42. The molecule has 1 atom stereocenters. The van der Waals surface area contributed by atoms with Gasteiger partial charge in [-0.1, -0.05) is 0 Å². The molecule has 0 spiro atoms. The van der Waals surface area contributed by atoms with Gasteiger partial charge in [0.2, 0.25) is 5.91 Å². The van der Waals surface area contributed by atoms with Gasteiger partial charge in [0.25, 0.3) is 0 Å². The number of amides is 1. The minimum atomic E-state index is -1.06. The van der Waals surface area contributed by atoms with Crippen LogP contribution in [0.15, 0.2) is 16.6 Å². The van der Waals surface area contributed by atoms with E-state index in [1.165, 1.54) is 4.90 Å². The van der Waals surface area contributed by atoms with Crippen LogP contribution in [0.5, 0.6) is 5.75 Å². The predicted octanol–water partition coefficient (Wildman–Crippen LogP) is 2.46. The van der Waals surface area contributed by atoms with Crippen LogP contribution >= 0.6 is 15.9 Å². The van der Waals surface area contributed by atoms with E-state index in [1.54, 1.807) is 13.2 Å². The van der Waals surface area contributed by atoms with Gasteiger partial charge >= 0.3 is 5.97 Å². The Morgan fingerprint density at radius 3 is 2.80 bits per heavy atom. The van der Waals surface area contributed by atoms with Crippen LogP contribution in [-0.4, -0.2) is 30.6 Å². The molecule has 0 saturated heterocycles. The number of aliphatic carboxylic acids is 1. The molecule has 0 radical (unpaired) electrons. The van der Waals surface area contributed by atoms with Crippen molar-refractivity contribution in [3.8, 4) is 5.75 Å². The Labute approximate surface area is 125 Å². The molecule has 6 heteroatoms. The molecule has 1 unspecified atom stereocenters. The third-order valence-electron chi connectivity index (χ3n) is 3.52. The summed E-state index contributed by atoms with van der Waals surface area (Å²) in [7, 11) is 1.56. The number of halogens is 1. The lowest BCUT2D eigenvalue weighted by Gasteiger charge is -2.23. The van der Waals surface area contributed by atoms with Crippen molar-refractivity contribution < 1.29 is 19.4 Å². The molecule has 0 aromatic heterocycles. The van der Waals surface area contributed by atoms with Crippen molar-refractivity contribution in [2.75, 3.05) is 18.6 Å². The highest BCUT2D eigenvalue weighted by Crippen LogP contribution is 2.37. The van der Waals surface area contributed by atoms with Gasteiger partial charge in [0, 0.05) is 12.6 Å². The molecule has 1 heterocycles. The Bertz CT molecular complexity index is 558. The summed E-state index contributed by atoms with van der Waals surface area (Å²) in [5.41, 5.74) is 1.69. The van der Waals surface area contributed by atoms with E-state index in [1.807, 2.05) is 13.0 Å². The first-order chi connectivity index (χ1) is 9.49. The van der Waals surface area contributed by atoms with Crippen LogP contribution in [0.4, 0.5) is 5.69 Å². The summed E-state index contributed by atoms with van der Waals surface area (Å²) in [5, 5.41) is 9.20. The fourth-order valence-electron chi connectivity index (χ4n) is 2.48. The number of rotatable bonds is 3. The van der Waals surface area contributed by atoms with Crippen LogP contribution in [0.3, 0.4) is 0 Å². The van der Waals surface area contributed by atoms with Gasteiger partial charge in [-0.3, -0.25) is 9.59 Å². The number of hydrogen-bond acceptors (Lipinski definition) is 3. The number of carbonyl (C=O) groups is 2. The molecular formula is C14H16BrNO4. The van der Waals surface area contributed by atoms with E-state index in [-0.39, 0.29) is 5.91 Å². The third kappa shape index (κ3) is 2.52. The van der Waals surface area contributed by atoms with E-state index < -0.39 is 11.9 Å². The molecule has 20 heavy (non-hydrogen) atoms. The molecule has 1 aromatic rings. The molecule has 0 bridgehead atoms. The largest absolute Gasteiger partial charge is 0.495 e. The molecule has 108 valence electrons.